The molecule has 0 aromatic heterocycles. The van der Waals surface area contributed by atoms with E-state index < -0.39 is 11.9 Å². The van der Waals surface area contributed by atoms with Crippen molar-refractivity contribution >= 4 is 75.2 Å². The maximum Gasteiger partial charge on any atom is 0.338 e. The molecule has 0 unspecified atom stereocenters. The first kappa shape index (κ1) is 25.0. The van der Waals surface area contributed by atoms with Gasteiger partial charge in [0.25, 0.3) is 5.91 Å². The molecule has 0 aliphatic carbocycles. The van der Waals surface area contributed by atoms with Crippen molar-refractivity contribution in [2.75, 3.05) is 5.32 Å². The second kappa shape index (κ2) is 11.1. The van der Waals surface area contributed by atoms with Crippen molar-refractivity contribution in [1.29, 1.82) is 0 Å². The number of carbonyl (C=O) groups is 2. The molecule has 0 spiro atoms. The van der Waals surface area contributed by atoms with Crippen LogP contribution in [0, 0.1) is 5.82 Å². The Labute approximate surface area is 220 Å². The lowest BCUT2D eigenvalue weighted by molar-refractivity contribution is -0.123. The van der Waals surface area contributed by atoms with E-state index in [-0.39, 0.29) is 21.8 Å². The summed E-state index contributed by atoms with van der Waals surface area (Å²) < 4.78 is 19.0. The number of thioether (sulfide) groups is 1. The van der Waals surface area contributed by atoms with Crippen LogP contribution in [-0.2, 0) is 11.4 Å². The molecule has 0 radical (unpaired) electrons. The van der Waals surface area contributed by atoms with Crippen LogP contribution in [0.3, 0.4) is 0 Å². The monoisotopic (exact) mass is 547 g/mol. The molecule has 1 heterocycles. The number of benzene rings is 3. The van der Waals surface area contributed by atoms with Crippen LogP contribution < -0.4 is 15.5 Å². The second-order valence-electron chi connectivity index (χ2n) is 7.20. The maximum atomic E-state index is 13.1. The van der Waals surface area contributed by atoms with E-state index in [0.29, 0.717) is 26.9 Å². The Kier molecular flexibility index (Phi) is 7.92. The van der Waals surface area contributed by atoms with Crippen LogP contribution in [0.15, 0.2) is 71.6 Å². The number of rotatable bonds is 6. The molecule has 35 heavy (non-hydrogen) atoms. The van der Waals surface area contributed by atoms with Gasteiger partial charge in [0, 0.05) is 5.69 Å². The molecule has 4 rings (SSSR count). The fourth-order valence-electron chi connectivity index (χ4n) is 2.99. The second-order valence-corrected chi connectivity index (χ2v) is 9.69. The average Bonchev–Trinajstić information content (AvgIpc) is 3.08. The smallest absolute Gasteiger partial charge is 0.338 e. The summed E-state index contributed by atoms with van der Waals surface area (Å²) in [6.07, 6.45) is 1.66. The summed E-state index contributed by atoms with van der Waals surface area (Å²) in [5.74, 6) is -0.200. The van der Waals surface area contributed by atoms with Gasteiger partial charge in [-0.1, -0.05) is 59.2 Å². The van der Waals surface area contributed by atoms with Crippen molar-refractivity contribution in [3.05, 3.63) is 98.6 Å². The summed E-state index contributed by atoms with van der Waals surface area (Å²) >= 11 is 18.1. The first-order chi connectivity index (χ1) is 16.8. The number of nitrogens with one attached hydrogen (secondary N) is 2. The van der Waals surface area contributed by atoms with Gasteiger partial charge in [-0.25, -0.2) is 14.6 Å². The lowest BCUT2D eigenvalue weighted by Gasteiger charge is -2.16. The number of carbonyl (C=O) groups excluding carboxylic acids is 2. The van der Waals surface area contributed by atoms with E-state index in [2.05, 4.69) is 10.7 Å². The van der Waals surface area contributed by atoms with Gasteiger partial charge in [0.1, 0.15) is 18.2 Å². The summed E-state index contributed by atoms with van der Waals surface area (Å²) in [5, 5.41) is 4.19. The Bertz CT molecular complexity index is 1340. The van der Waals surface area contributed by atoms with Crippen LogP contribution in [-0.4, -0.2) is 21.3 Å². The van der Waals surface area contributed by atoms with Crippen LogP contribution >= 0.6 is 47.2 Å². The third kappa shape index (κ3) is 6.52. The Morgan fingerprint density at radius 3 is 2.60 bits per heavy atom. The summed E-state index contributed by atoms with van der Waals surface area (Å²) in [6.45, 7) is 0.268. The van der Waals surface area contributed by atoms with Crippen molar-refractivity contribution in [3.8, 4) is 5.75 Å². The van der Waals surface area contributed by atoms with Gasteiger partial charge in [0.2, 0.25) is 0 Å². The number of ether oxygens (including phenoxy) is 1. The van der Waals surface area contributed by atoms with Gasteiger partial charge in [-0.2, -0.15) is 5.01 Å². The number of anilines is 1. The first-order valence-corrected chi connectivity index (χ1v) is 12.0. The van der Waals surface area contributed by atoms with Gasteiger partial charge in [0.05, 0.1) is 15.0 Å². The summed E-state index contributed by atoms with van der Waals surface area (Å²) in [5.41, 5.74) is 4.37. The Hall–Kier alpha value is -3.11. The van der Waals surface area contributed by atoms with Crippen LogP contribution in [0.5, 0.6) is 5.75 Å². The van der Waals surface area contributed by atoms with E-state index in [4.69, 9.17) is 40.2 Å². The maximum absolute atomic E-state index is 13.1. The third-order valence-electron chi connectivity index (χ3n) is 4.66. The van der Waals surface area contributed by atoms with E-state index in [1.807, 2.05) is 6.07 Å². The van der Waals surface area contributed by atoms with Crippen molar-refractivity contribution in [2.45, 2.75) is 6.61 Å². The van der Waals surface area contributed by atoms with E-state index in [0.717, 1.165) is 22.3 Å². The molecule has 0 bridgehead atoms. The third-order valence-corrected chi connectivity index (χ3v) is 6.70. The number of amides is 3. The van der Waals surface area contributed by atoms with Gasteiger partial charge >= 0.3 is 6.03 Å². The summed E-state index contributed by atoms with van der Waals surface area (Å²) in [4.78, 5) is 25.5. The van der Waals surface area contributed by atoms with Gasteiger partial charge in [0.15, 0.2) is 4.32 Å². The normalized spacial score (nSPS) is 14.4. The molecule has 3 amide bonds. The molecule has 3 aromatic rings. The minimum Gasteiger partial charge on any atom is -0.489 e. The topological polar surface area (TPSA) is 70.7 Å². The zero-order chi connectivity index (χ0) is 24.9. The lowest BCUT2D eigenvalue weighted by Crippen LogP contribution is -2.46. The van der Waals surface area contributed by atoms with E-state index in [1.54, 1.807) is 48.5 Å². The molecular formula is C24H16Cl2FN3O3S2. The number of nitrogens with zero attached hydrogens (tertiary/aromatic N) is 1. The Morgan fingerprint density at radius 1 is 1.09 bits per heavy atom. The van der Waals surface area contributed by atoms with Crippen LogP contribution in [0.2, 0.25) is 10.0 Å². The van der Waals surface area contributed by atoms with Gasteiger partial charge < -0.3 is 10.1 Å². The fraction of sp³-hybridized carbons (Fsp3) is 0.0417. The molecule has 6 nitrogen and oxygen atoms in total. The highest BCUT2D eigenvalue weighted by molar-refractivity contribution is 8.26. The summed E-state index contributed by atoms with van der Waals surface area (Å²) in [7, 11) is 0. The zero-order valence-corrected chi connectivity index (χ0v) is 20.9. The highest BCUT2D eigenvalue weighted by atomic mass is 35.5. The summed E-state index contributed by atoms with van der Waals surface area (Å²) in [6, 6.07) is 17.1. The number of hydrogen-bond donors (Lipinski definition) is 2. The fourth-order valence-corrected chi connectivity index (χ4v) is 4.47. The van der Waals surface area contributed by atoms with E-state index in [9.17, 15) is 14.0 Å². The van der Waals surface area contributed by atoms with Gasteiger partial charge in [-0.3, -0.25) is 4.79 Å². The van der Waals surface area contributed by atoms with Crippen molar-refractivity contribution in [1.82, 2.24) is 10.4 Å². The molecule has 1 aliphatic rings. The molecule has 0 saturated carbocycles. The molecule has 1 saturated heterocycles. The standard InChI is InChI=1S/C24H16Cl2FN3O3S2/c25-19-9-8-17(12-20(19)26)28-23(32)29-30-22(31)21(35-24(30)34)11-15-2-1-3-18(10-15)33-13-14-4-6-16(27)7-5-14/h1-12H,13H2,(H2,28,29,32)/b21-11+. The molecule has 1 fully saturated rings. The van der Waals surface area contributed by atoms with Gasteiger partial charge in [-0.05, 0) is 71.9 Å². The zero-order valence-electron chi connectivity index (χ0n) is 17.8. The van der Waals surface area contributed by atoms with Crippen molar-refractivity contribution < 1.29 is 18.7 Å². The van der Waals surface area contributed by atoms with Crippen LogP contribution in [0.1, 0.15) is 11.1 Å². The van der Waals surface area contributed by atoms with E-state index in [1.165, 1.54) is 18.2 Å². The molecule has 178 valence electrons. The minimum absolute atomic E-state index is 0.175. The number of thiocarbonyl (C=S) groups is 1. The highest BCUT2D eigenvalue weighted by Gasteiger charge is 2.33. The first-order valence-electron chi connectivity index (χ1n) is 10.1. The predicted molar refractivity (Wildman–Crippen MR) is 141 cm³/mol. The minimum atomic E-state index is -0.669. The number of urea groups is 1. The molecule has 1 aliphatic heterocycles. The lowest BCUT2D eigenvalue weighted by atomic mass is 10.2. The Morgan fingerprint density at radius 2 is 1.86 bits per heavy atom. The SMILES string of the molecule is O=C(Nc1ccc(Cl)c(Cl)c1)NN1C(=O)/C(=C\c2cccc(OCc3ccc(F)cc3)c2)SC1=S. The van der Waals surface area contributed by atoms with Crippen molar-refractivity contribution in [2.24, 2.45) is 0 Å². The Balaban J connectivity index is 1.39. The molecular weight excluding hydrogens is 532 g/mol. The molecule has 3 aromatic carbocycles. The average molecular weight is 548 g/mol. The number of hydrogen-bond acceptors (Lipinski definition) is 5. The largest absolute Gasteiger partial charge is 0.489 e. The van der Waals surface area contributed by atoms with Crippen LogP contribution in [0.25, 0.3) is 6.08 Å². The number of hydrazine groups is 1. The molecule has 11 heteroatoms. The van der Waals surface area contributed by atoms with Gasteiger partial charge in [-0.15, -0.1) is 0 Å². The number of halogens is 3. The molecule has 0 atom stereocenters. The molecule has 2 N–H and O–H groups in total. The van der Waals surface area contributed by atoms with E-state index >= 15 is 0 Å². The quantitative estimate of drug-likeness (QED) is 0.267. The van der Waals surface area contributed by atoms with Crippen LogP contribution in [0.4, 0.5) is 14.9 Å². The highest BCUT2D eigenvalue weighted by Crippen LogP contribution is 2.32. The van der Waals surface area contributed by atoms with Crippen molar-refractivity contribution in [3.63, 3.8) is 0 Å². The predicted octanol–water partition coefficient (Wildman–Crippen LogP) is 6.65.